The third-order valence-electron chi connectivity index (χ3n) is 4.94. The molecular formula is C17H16ClF3N4. The fraction of sp³-hybridized carbons (Fsp3) is 0.412. The molecule has 2 atom stereocenters. The number of anilines is 1. The number of halogens is 4. The molecule has 8 heteroatoms. The molecule has 1 saturated heterocycles. The van der Waals surface area contributed by atoms with Gasteiger partial charge in [0.2, 0.25) is 0 Å². The van der Waals surface area contributed by atoms with Crippen molar-refractivity contribution in [3.8, 4) is 0 Å². The molecule has 2 bridgehead atoms. The summed E-state index contributed by atoms with van der Waals surface area (Å²) in [5, 5.41) is 4.25. The SMILES string of the molecule is Cn1nccc1C1=C[C@H]2CC[C@@H](C1)N2c1ncc(C(F)(F)F)cc1Cl. The van der Waals surface area contributed by atoms with Crippen LogP contribution in [-0.4, -0.2) is 26.8 Å². The fourth-order valence-electron chi connectivity index (χ4n) is 3.81. The number of pyridine rings is 1. The summed E-state index contributed by atoms with van der Waals surface area (Å²) in [4.78, 5) is 6.10. The van der Waals surface area contributed by atoms with Crippen LogP contribution in [0.15, 0.2) is 30.6 Å². The van der Waals surface area contributed by atoms with Crippen LogP contribution in [0.2, 0.25) is 5.02 Å². The molecule has 0 aliphatic carbocycles. The Morgan fingerprint density at radius 1 is 1.28 bits per heavy atom. The molecule has 0 unspecified atom stereocenters. The molecule has 0 spiro atoms. The van der Waals surface area contributed by atoms with Crippen molar-refractivity contribution in [3.63, 3.8) is 0 Å². The van der Waals surface area contributed by atoms with Crippen LogP contribution in [0.5, 0.6) is 0 Å². The summed E-state index contributed by atoms with van der Waals surface area (Å²) in [6.07, 6.45) is 3.04. The lowest BCUT2D eigenvalue weighted by molar-refractivity contribution is -0.137. The lowest BCUT2D eigenvalue weighted by atomic mass is 9.98. The van der Waals surface area contributed by atoms with Crippen molar-refractivity contribution >= 4 is 23.0 Å². The molecule has 25 heavy (non-hydrogen) atoms. The highest BCUT2D eigenvalue weighted by Gasteiger charge is 2.40. The maximum atomic E-state index is 12.8. The molecule has 132 valence electrons. The van der Waals surface area contributed by atoms with Crippen molar-refractivity contribution in [2.45, 2.75) is 37.5 Å². The van der Waals surface area contributed by atoms with E-state index in [-0.39, 0.29) is 17.1 Å². The van der Waals surface area contributed by atoms with Crippen LogP contribution in [0.25, 0.3) is 5.57 Å². The van der Waals surface area contributed by atoms with Gasteiger partial charge in [0.25, 0.3) is 0 Å². The van der Waals surface area contributed by atoms with Crippen LogP contribution in [0.4, 0.5) is 19.0 Å². The van der Waals surface area contributed by atoms with Gasteiger partial charge in [-0.2, -0.15) is 18.3 Å². The lowest BCUT2D eigenvalue weighted by Crippen LogP contribution is -2.39. The first-order valence-corrected chi connectivity index (χ1v) is 8.42. The summed E-state index contributed by atoms with van der Waals surface area (Å²) in [6.45, 7) is 0. The zero-order chi connectivity index (χ0) is 17.8. The smallest absolute Gasteiger partial charge is 0.346 e. The standard InChI is InChI=1S/C17H16ClF3N4/c1-24-15(4-5-23-24)10-6-12-2-3-13(7-10)25(12)16-14(18)8-11(9-22-16)17(19,20)21/h4-6,8-9,12-13H,2-3,7H2,1H3/t12-,13+/m1/s1. The topological polar surface area (TPSA) is 34.0 Å². The van der Waals surface area contributed by atoms with Crippen LogP contribution in [0, 0.1) is 0 Å². The molecule has 2 aliphatic rings. The van der Waals surface area contributed by atoms with Gasteiger partial charge in [-0.25, -0.2) is 4.98 Å². The van der Waals surface area contributed by atoms with Crippen molar-refractivity contribution in [1.82, 2.24) is 14.8 Å². The van der Waals surface area contributed by atoms with E-state index in [0.717, 1.165) is 37.2 Å². The van der Waals surface area contributed by atoms with E-state index in [9.17, 15) is 13.2 Å². The van der Waals surface area contributed by atoms with Crippen molar-refractivity contribution in [1.29, 1.82) is 0 Å². The molecule has 0 aromatic carbocycles. The normalized spacial score (nSPS) is 23.1. The van der Waals surface area contributed by atoms with E-state index in [1.807, 2.05) is 17.8 Å². The van der Waals surface area contributed by atoms with Gasteiger partial charge in [-0.3, -0.25) is 4.68 Å². The molecule has 4 rings (SSSR count). The second-order valence-electron chi connectivity index (χ2n) is 6.47. The second kappa shape index (κ2) is 5.76. The average Bonchev–Trinajstić information content (AvgIpc) is 3.07. The molecule has 0 N–H and O–H groups in total. The summed E-state index contributed by atoms with van der Waals surface area (Å²) in [5.41, 5.74) is 1.46. The molecule has 2 aliphatic heterocycles. The third-order valence-corrected chi connectivity index (χ3v) is 5.22. The summed E-state index contributed by atoms with van der Waals surface area (Å²) >= 11 is 6.15. The summed E-state index contributed by atoms with van der Waals surface area (Å²) in [5.74, 6) is 0.433. The van der Waals surface area contributed by atoms with Gasteiger partial charge in [-0.1, -0.05) is 17.7 Å². The number of hydrogen-bond acceptors (Lipinski definition) is 3. The average molecular weight is 369 g/mol. The monoisotopic (exact) mass is 368 g/mol. The molecule has 0 radical (unpaired) electrons. The number of aromatic nitrogens is 3. The van der Waals surface area contributed by atoms with Crippen molar-refractivity contribution in [2.75, 3.05) is 4.90 Å². The van der Waals surface area contributed by atoms with Crippen LogP contribution >= 0.6 is 11.6 Å². The Morgan fingerprint density at radius 3 is 2.68 bits per heavy atom. The predicted octanol–water partition coefficient (Wildman–Crippen LogP) is 4.31. The summed E-state index contributed by atoms with van der Waals surface area (Å²) < 4.78 is 40.3. The predicted molar refractivity (Wildman–Crippen MR) is 89.3 cm³/mol. The van der Waals surface area contributed by atoms with Gasteiger partial charge in [0, 0.05) is 31.5 Å². The van der Waals surface area contributed by atoms with E-state index in [2.05, 4.69) is 21.1 Å². The van der Waals surface area contributed by atoms with Gasteiger partial charge in [-0.15, -0.1) is 0 Å². The number of alkyl halides is 3. The molecular weight excluding hydrogens is 353 g/mol. The van der Waals surface area contributed by atoms with Gasteiger partial charge in [0.1, 0.15) is 5.82 Å². The van der Waals surface area contributed by atoms with Crippen molar-refractivity contribution < 1.29 is 13.2 Å². The first kappa shape index (κ1) is 16.4. The molecule has 0 saturated carbocycles. The van der Waals surface area contributed by atoms with Gasteiger partial charge >= 0.3 is 6.18 Å². The quantitative estimate of drug-likeness (QED) is 0.792. The first-order chi connectivity index (χ1) is 11.8. The first-order valence-electron chi connectivity index (χ1n) is 8.05. The van der Waals surface area contributed by atoms with Crippen LogP contribution in [0.1, 0.15) is 30.5 Å². The Kier molecular flexibility index (Phi) is 3.79. The van der Waals surface area contributed by atoms with E-state index in [1.54, 1.807) is 6.20 Å². The van der Waals surface area contributed by atoms with Crippen LogP contribution in [0.3, 0.4) is 0 Å². The number of hydrogen-bond donors (Lipinski definition) is 0. The van der Waals surface area contributed by atoms with Gasteiger partial charge < -0.3 is 4.90 Å². The zero-order valence-electron chi connectivity index (χ0n) is 13.5. The van der Waals surface area contributed by atoms with E-state index >= 15 is 0 Å². The molecule has 4 heterocycles. The molecule has 4 nitrogen and oxygen atoms in total. The Morgan fingerprint density at radius 2 is 2.08 bits per heavy atom. The second-order valence-corrected chi connectivity index (χ2v) is 6.88. The largest absolute Gasteiger partial charge is 0.417 e. The molecule has 1 fully saturated rings. The number of rotatable bonds is 2. The minimum atomic E-state index is -4.44. The van der Waals surface area contributed by atoms with E-state index in [1.165, 1.54) is 5.57 Å². The third kappa shape index (κ3) is 2.80. The highest BCUT2D eigenvalue weighted by molar-refractivity contribution is 6.33. The minimum Gasteiger partial charge on any atom is -0.346 e. The zero-order valence-corrected chi connectivity index (χ0v) is 14.2. The van der Waals surface area contributed by atoms with Crippen LogP contribution in [-0.2, 0) is 13.2 Å². The Labute approximate surface area is 147 Å². The summed E-state index contributed by atoms with van der Waals surface area (Å²) in [6, 6.07) is 3.21. The minimum absolute atomic E-state index is 0.0455. The number of nitrogens with zero attached hydrogens (tertiary/aromatic N) is 4. The Hall–Kier alpha value is -2.02. The van der Waals surface area contributed by atoms with Crippen molar-refractivity contribution in [2.24, 2.45) is 7.05 Å². The van der Waals surface area contributed by atoms with E-state index in [0.29, 0.717) is 5.82 Å². The Balaban J connectivity index is 1.67. The highest BCUT2D eigenvalue weighted by atomic mass is 35.5. The highest BCUT2D eigenvalue weighted by Crippen LogP contribution is 2.43. The molecule has 2 aromatic rings. The number of aryl methyl sites for hydroxylation is 1. The van der Waals surface area contributed by atoms with Crippen LogP contribution < -0.4 is 4.90 Å². The van der Waals surface area contributed by atoms with Crippen molar-refractivity contribution in [3.05, 3.63) is 46.9 Å². The van der Waals surface area contributed by atoms with E-state index < -0.39 is 11.7 Å². The summed E-state index contributed by atoms with van der Waals surface area (Å²) in [7, 11) is 1.90. The fourth-order valence-corrected chi connectivity index (χ4v) is 4.08. The maximum Gasteiger partial charge on any atom is 0.417 e. The van der Waals surface area contributed by atoms with Gasteiger partial charge in [0.05, 0.1) is 16.3 Å². The van der Waals surface area contributed by atoms with Gasteiger partial charge in [-0.05, 0) is 37.0 Å². The Bertz CT molecular complexity index is 843. The van der Waals surface area contributed by atoms with Gasteiger partial charge in [0.15, 0.2) is 0 Å². The molecule has 0 amide bonds. The number of fused-ring (bicyclic) bond motifs is 2. The molecule has 2 aromatic heterocycles. The van der Waals surface area contributed by atoms with E-state index in [4.69, 9.17) is 11.6 Å². The maximum absolute atomic E-state index is 12.8. The lowest BCUT2D eigenvalue weighted by Gasteiger charge is -2.35.